The van der Waals surface area contributed by atoms with Crippen molar-refractivity contribution in [2.24, 2.45) is 10.3 Å². The molecule has 0 rings (SSSR count). The predicted octanol–water partition coefficient (Wildman–Crippen LogP) is 0.535. The summed E-state index contributed by atoms with van der Waals surface area (Å²) in [7, 11) is 0. The fourth-order valence-electron chi connectivity index (χ4n) is 0.978. The highest BCUT2D eigenvalue weighted by molar-refractivity contribution is 6.66. The van der Waals surface area contributed by atoms with Gasteiger partial charge in [0.1, 0.15) is 5.71 Å². The third kappa shape index (κ3) is 2.72. The normalized spacial score (nSPS) is 12.8. The minimum atomic E-state index is -0.451. The molecule has 1 amide bonds. The lowest BCUT2D eigenvalue weighted by Gasteiger charge is -2.18. The van der Waals surface area contributed by atoms with E-state index in [-0.39, 0.29) is 11.4 Å². The zero-order valence-corrected chi connectivity index (χ0v) is 8.56. The quantitative estimate of drug-likeness (QED) is 0.395. The SMILES string of the molecule is CCN(CC)C(=O)C(=N/O)/C(C)=N/O. The summed E-state index contributed by atoms with van der Waals surface area (Å²) in [6, 6.07) is 0. The maximum absolute atomic E-state index is 11.6. The Bertz CT molecular complexity index is 257. The van der Waals surface area contributed by atoms with E-state index in [0.717, 1.165) is 0 Å². The molecule has 0 aliphatic heterocycles. The summed E-state index contributed by atoms with van der Waals surface area (Å²) in [5.74, 6) is -0.451. The lowest BCUT2D eigenvalue weighted by Crippen LogP contribution is -2.39. The van der Waals surface area contributed by atoms with Crippen molar-refractivity contribution in [1.29, 1.82) is 0 Å². The van der Waals surface area contributed by atoms with Crippen LogP contribution in [0.5, 0.6) is 0 Å². The molecule has 80 valence electrons. The highest BCUT2D eigenvalue weighted by atomic mass is 16.4. The van der Waals surface area contributed by atoms with E-state index in [9.17, 15) is 4.79 Å². The molecule has 0 heterocycles. The molecular formula is C8H15N3O3. The number of oxime groups is 2. The topological polar surface area (TPSA) is 85.5 Å². The largest absolute Gasteiger partial charge is 0.411 e. The van der Waals surface area contributed by atoms with Gasteiger partial charge in [0.2, 0.25) is 0 Å². The van der Waals surface area contributed by atoms with Crippen LogP contribution in [0.2, 0.25) is 0 Å². The molecule has 0 spiro atoms. The Morgan fingerprint density at radius 1 is 1.21 bits per heavy atom. The summed E-state index contributed by atoms with van der Waals surface area (Å²) >= 11 is 0. The molecule has 0 aromatic rings. The Morgan fingerprint density at radius 2 is 1.71 bits per heavy atom. The van der Waals surface area contributed by atoms with Crippen molar-refractivity contribution in [3.8, 4) is 0 Å². The molecule has 6 nitrogen and oxygen atoms in total. The number of hydrogen-bond acceptors (Lipinski definition) is 5. The molecule has 0 aromatic carbocycles. The first-order valence-electron chi connectivity index (χ1n) is 4.32. The number of amides is 1. The molecule has 0 saturated carbocycles. The van der Waals surface area contributed by atoms with Gasteiger partial charge in [-0.2, -0.15) is 0 Å². The zero-order chi connectivity index (χ0) is 11.1. The zero-order valence-electron chi connectivity index (χ0n) is 8.56. The number of carbonyl (C=O) groups excluding carboxylic acids is 1. The summed E-state index contributed by atoms with van der Waals surface area (Å²) in [6.07, 6.45) is 0. The van der Waals surface area contributed by atoms with Crippen molar-refractivity contribution in [2.45, 2.75) is 20.8 Å². The minimum Gasteiger partial charge on any atom is -0.411 e. The second kappa shape index (κ2) is 5.95. The van der Waals surface area contributed by atoms with Crippen LogP contribution in [0, 0.1) is 0 Å². The molecule has 0 saturated heterocycles. The van der Waals surface area contributed by atoms with Gasteiger partial charge in [0, 0.05) is 13.1 Å². The van der Waals surface area contributed by atoms with Crippen LogP contribution in [0.25, 0.3) is 0 Å². The van der Waals surface area contributed by atoms with Crippen molar-refractivity contribution in [3.05, 3.63) is 0 Å². The summed E-state index contributed by atoms with van der Waals surface area (Å²) in [4.78, 5) is 13.0. The van der Waals surface area contributed by atoms with E-state index in [1.165, 1.54) is 11.8 Å². The Morgan fingerprint density at radius 3 is 2.00 bits per heavy atom. The number of carbonyl (C=O) groups is 1. The van der Waals surface area contributed by atoms with Crippen LogP contribution in [-0.4, -0.2) is 45.7 Å². The number of nitrogens with zero attached hydrogens (tertiary/aromatic N) is 3. The van der Waals surface area contributed by atoms with Crippen LogP contribution < -0.4 is 0 Å². The van der Waals surface area contributed by atoms with Gasteiger partial charge < -0.3 is 15.3 Å². The summed E-state index contributed by atoms with van der Waals surface area (Å²) in [5, 5.41) is 22.6. The fourth-order valence-corrected chi connectivity index (χ4v) is 0.978. The van der Waals surface area contributed by atoms with E-state index in [2.05, 4.69) is 10.3 Å². The molecule has 6 heteroatoms. The fraction of sp³-hybridized carbons (Fsp3) is 0.625. The van der Waals surface area contributed by atoms with Gasteiger partial charge in [-0.15, -0.1) is 0 Å². The van der Waals surface area contributed by atoms with Crippen LogP contribution in [0.4, 0.5) is 0 Å². The van der Waals surface area contributed by atoms with Crippen LogP contribution in [0.1, 0.15) is 20.8 Å². The van der Waals surface area contributed by atoms with Gasteiger partial charge in [-0.1, -0.05) is 10.3 Å². The summed E-state index contributed by atoms with van der Waals surface area (Å²) < 4.78 is 0. The molecule has 2 N–H and O–H groups in total. The van der Waals surface area contributed by atoms with Gasteiger partial charge in [0.25, 0.3) is 5.91 Å². The van der Waals surface area contributed by atoms with Crippen molar-refractivity contribution in [1.82, 2.24) is 4.90 Å². The first-order valence-corrected chi connectivity index (χ1v) is 4.32. The van der Waals surface area contributed by atoms with E-state index in [4.69, 9.17) is 10.4 Å². The third-order valence-electron chi connectivity index (χ3n) is 1.85. The summed E-state index contributed by atoms with van der Waals surface area (Å²) in [5.41, 5.74) is -0.249. The Balaban J connectivity index is 4.81. The van der Waals surface area contributed by atoms with Crippen molar-refractivity contribution in [2.75, 3.05) is 13.1 Å². The van der Waals surface area contributed by atoms with Crippen LogP contribution in [0.15, 0.2) is 10.3 Å². The molecule has 0 bridgehead atoms. The van der Waals surface area contributed by atoms with Gasteiger partial charge in [-0.25, -0.2) is 0 Å². The molecule has 0 aliphatic rings. The van der Waals surface area contributed by atoms with E-state index in [1.54, 1.807) is 0 Å². The average Bonchev–Trinajstić information content (AvgIpc) is 2.20. The highest BCUT2D eigenvalue weighted by Crippen LogP contribution is 1.94. The third-order valence-corrected chi connectivity index (χ3v) is 1.85. The first-order chi connectivity index (χ1) is 6.62. The summed E-state index contributed by atoms with van der Waals surface area (Å²) in [6.45, 7) is 6.01. The van der Waals surface area contributed by atoms with E-state index >= 15 is 0 Å². The van der Waals surface area contributed by atoms with Crippen molar-refractivity contribution < 1.29 is 15.2 Å². The average molecular weight is 201 g/mol. The van der Waals surface area contributed by atoms with Gasteiger partial charge >= 0.3 is 0 Å². The lowest BCUT2D eigenvalue weighted by atomic mass is 10.2. The molecule has 14 heavy (non-hydrogen) atoms. The second-order valence-electron chi connectivity index (χ2n) is 2.61. The Hall–Kier alpha value is -1.59. The predicted molar refractivity (Wildman–Crippen MR) is 52.0 cm³/mol. The molecule has 0 aromatic heterocycles. The molecule has 0 fully saturated rings. The maximum atomic E-state index is 11.6. The second-order valence-corrected chi connectivity index (χ2v) is 2.61. The molecule has 0 radical (unpaired) electrons. The van der Waals surface area contributed by atoms with Gasteiger partial charge in [-0.3, -0.25) is 4.79 Å². The van der Waals surface area contributed by atoms with Crippen LogP contribution in [-0.2, 0) is 4.79 Å². The molecule has 0 unspecified atom stereocenters. The van der Waals surface area contributed by atoms with Crippen molar-refractivity contribution in [3.63, 3.8) is 0 Å². The number of rotatable bonds is 4. The number of hydrogen-bond donors (Lipinski definition) is 2. The lowest BCUT2D eigenvalue weighted by molar-refractivity contribution is -0.123. The van der Waals surface area contributed by atoms with Gasteiger partial charge in [-0.05, 0) is 20.8 Å². The molecule has 0 aliphatic carbocycles. The first kappa shape index (κ1) is 12.4. The monoisotopic (exact) mass is 201 g/mol. The Kier molecular flexibility index (Phi) is 5.28. The van der Waals surface area contributed by atoms with Crippen molar-refractivity contribution >= 4 is 17.3 Å². The van der Waals surface area contributed by atoms with E-state index in [0.29, 0.717) is 13.1 Å². The molecular weight excluding hydrogens is 186 g/mol. The van der Waals surface area contributed by atoms with E-state index in [1.807, 2.05) is 13.8 Å². The van der Waals surface area contributed by atoms with E-state index < -0.39 is 5.91 Å². The minimum absolute atomic E-state index is 0.00981. The Labute approximate surface area is 82.5 Å². The highest BCUT2D eigenvalue weighted by Gasteiger charge is 2.20. The molecule has 0 atom stereocenters. The van der Waals surface area contributed by atoms with Gasteiger partial charge in [0.05, 0.1) is 0 Å². The van der Waals surface area contributed by atoms with Crippen LogP contribution >= 0.6 is 0 Å². The van der Waals surface area contributed by atoms with Crippen LogP contribution in [0.3, 0.4) is 0 Å². The smallest absolute Gasteiger partial charge is 0.277 e. The van der Waals surface area contributed by atoms with Gasteiger partial charge in [0.15, 0.2) is 5.71 Å². The maximum Gasteiger partial charge on any atom is 0.277 e. The standard InChI is InChI=1S/C8H15N3O3/c1-4-11(5-2)8(12)7(10-14)6(3)9-13/h13-14H,4-5H2,1-3H3/b9-6+,10-7+.